The lowest BCUT2D eigenvalue weighted by Gasteiger charge is -2.06. The molecule has 0 atom stereocenters. The zero-order chi connectivity index (χ0) is 10.8. The number of nitrogens with zero attached hydrogens (tertiary/aromatic N) is 2. The Morgan fingerprint density at radius 2 is 2.33 bits per heavy atom. The molecule has 0 bridgehead atoms. The molecule has 1 fully saturated rings. The molecule has 0 aromatic carbocycles. The monoisotopic (exact) mass is 210 g/mol. The Morgan fingerprint density at radius 3 is 2.93 bits per heavy atom. The zero-order valence-corrected chi connectivity index (χ0v) is 9.29. The lowest BCUT2D eigenvalue weighted by atomic mass is 10.2. The summed E-state index contributed by atoms with van der Waals surface area (Å²) in [5, 5.41) is 4.29. The fraction of sp³-hybridized carbons (Fsp3) is 0.700. The molecule has 5 nitrogen and oxygen atoms in total. The summed E-state index contributed by atoms with van der Waals surface area (Å²) >= 11 is 0. The first-order valence-corrected chi connectivity index (χ1v) is 5.29. The van der Waals surface area contributed by atoms with Gasteiger partial charge in [-0.3, -0.25) is 4.68 Å². The van der Waals surface area contributed by atoms with Gasteiger partial charge in [0.05, 0.1) is 12.3 Å². The molecule has 1 aliphatic carbocycles. The quantitative estimate of drug-likeness (QED) is 0.561. The van der Waals surface area contributed by atoms with E-state index in [0.29, 0.717) is 6.61 Å². The minimum absolute atomic E-state index is 0.593. The van der Waals surface area contributed by atoms with E-state index in [1.54, 1.807) is 4.68 Å². The van der Waals surface area contributed by atoms with E-state index in [4.69, 9.17) is 10.6 Å². The molecule has 3 N–H and O–H groups in total. The molecule has 15 heavy (non-hydrogen) atoms. The first-order valence-electron chi connectivity index (χ1n) is 5.29. The number of nitrogens with one attached hydrogen (secondary N) is 1. The smallest absolute Gasteiger partial charge is 0.143 e. The highest BCUT2D eigenvalue weighted by Gasteiger charge is 2.21. The number of ether oxygens (including phenoxy) is 1. The second-order valence-electron chi connectivity index (χ2n) is 4.14. The molecule has 0 radical (unpaired) electrons. The minimum atomic E-state index is 0.593. The fourth-order valence-electron chi connectivity index (χ4n) is 1.67. The molecular formula is C10H18N4O. The number of nitrogen functional groups attached to an aromatic ring is 1. The highest BCUT2D eigenvalue weighted by molar-refractivity contribution is 5.45. The molecule has 5 heteroatoms. The van der Waals surface area contributed by atoms with E-state index in [1.165, 1.54) is 12.8 Å². The number of aryl methyl sites for hydroxylation is 2. The average molecular weight is 210 g/mol. The van der Waals surface area contributed by atoms with E-state index in [-0.39, 0.29) is 0 Å². The molecule has 0 spiro atoms. The van der Waals surface area contributed by atoms with Gasteiger partial charge in [-0.1, -0.05) is 0 Å². The van der Waals surface area contributed by atoms with Gasteiger partial charge in [0, 0.05) is 19.2 Å². The van der Waals surface area contributed by atoms with Gasteiger partial charge < -0.3 is 10.2 Å². The van der Waals surface area contributed by atoms with Crippen LogP contribution in [-0.4, -0.2) is 16.4 Å². The van der Waals surface area contributed by atoms with Crippen molar-refractivity contribution in [1.82, 2.24) is 9.78 Å². The van der Waals surface area contributed by atoms with Gasteiger partial charge >= 0.3 is 0 Å². The summed E-state index contributed by atoms with van der Waals surface area (Å²) in [5.41, 5.74) is 4.69. The maximum absolute atomic E-state index is 5.63. The van der Waals surface area contributed by atoms with Gasteiger partial charge in [-0.15, -0.1) is 0 Å². The topological polar surface area (TPSA) is 65.1 Å². The summed E-state index contributed by atoms with van der Waals surface area (Å²) < 4.78 is 7.37. The summed E-state index contributed by atoms with van der Waals surface area (Å²) in [4.78, 5) is 0. The van der Waals surface area contributed by atoms with Crippen LogP contribution in [0.1, 0.15) is 24.1 Å². The van der Waals surface area contributed by atoms with Crippen molar-refractivity contribution in [2.24, 2.45) is 18.8 Å². The number of aromatic nitrogens is 2. The molecule has 0 aliphatic heterocycles. The Kier molecular flexibility index (Phi) is 2.93. The number of hydrazine groups is 1. The number of nitrogens with two attached hydrogens (primary N) is 1. The fourth-order valence-corrected chi connectivity index (χ4v) is 1.67. The highest BCUT2D eigenvalue weighted by Crippen LogP contribution is 2.29. The van der Waals surface area contributed by atoms with Gasteiger partial charge in [-0.2, -0.15) is 5.10 Å². The van der Waals surface area contributed by atoms with Gasteiger partial charge in [0.15, 0.2) is 0 Å². The summed E-state index contributed by atoms with van der Waals surface area (Å²) in [6.07, 6.45) is 2.63. The molecule has 0 amide bonds. The van der Waals surface area contributed by atoms with Crippen molar-refractivity contribution in [2.45, 2.75) is 26.4 Å². The number of hydrogen-bond donors (Lipinski definition) is 2. The maximum Gasteiger partial charge on any atom is 0.143 e. The Morgan fingerprint density at radius 1 is 1.60 bits per heavy atom. The lowest BCUT2D eigenvalue weighted by molar-refractivity contribution is 0.111. The summed E-state index contributed by atoms with van der Waals surface area (Å²) in [7, 11) is 1.87. The number of hydrogen-bond acceptors (Lipinski definition) is 4. The third-order valence-corrected chi connectivity index (χ3v) is 2.78. The molecule has 1 saturated carbocycles. The van der Waals surface area contributed by atoms with Crippen molar-refractivity contribution in [3.05, 3.63) is 11.3 Å². The van der Waals surface area contributed by atoms with E-state index < -0.39 is 0 Å². The number of anilines is 1. The van der Waals surface area contributed by atoms with Gasteiger partial charge in [0.25, 0.3) is 0 Å². The minimum Gasteiger partial charge on any atom is -0.376 e. The van der Waals surface area contributed by atoms with E-state index in [0.717, 1.165) is 29.6 Å². The third-order valence-electron chi connectivity index (χ3n) is 2.78. The second-order valence-corrected chi connectivity index (χ2v) is 4.14. The predicted octanol–water partition coefficient (Wildman–Crippen LogP) is 0.941. The molecule has 0 unspecified atom stereocenters. The van der Waals surface area contributed by atoms with Crippen molar-refractivity contribution >= 4 is 5.82 Å². The SMILES string of the molecule is Cc1nn(C)c(NN)c1COCC1CC1. The van der Waals surface area contributed by atoms with Crippen LogP contribution in [0.25, 0.3) is 0 Å². The Bertz CT molecular complexity index is 343. The summed E-state index contributed by atoms with van der Waals surface area (Å²) in [6, 6.07) is 0. The molecule has 1 aromatic heterocycles. The van der Waals surface area contributed by atoms with E-state index in [9.17, 15) is 0 Å². The van der Waals surface area contributed by atoms with Crippen molar-refractivity contribution in [3.63, 3.8) is 0 Å². The van der Waals surface area contributed by atoms with Crippen LogP contribution in [0, 0.1) is 12.8 Å². The van der Waals surface area contributed by atoms with Crippen LogP contribution < -0.4 is 11.3 Å². The first-order chi connectivity index (χ1) is 7.22. The average Bonchev–Trinajstić information content (AvgIpc) is 2.95. The van der Waals surface area contributed by atoms with Crippen LogP contribution in [0.5, 0.6) is 0 Å². The van der Waals surface area contributed by atoms with Crippen LogP contribution in [0.2, 0.25) is 0 Å². The molecular weight excluding hydrogens is 192 g/mol. The molecule has 1 aliphatic rings. The molecule has 1 aromatic rings. The van der Waals surface area contributed by atoms with E-state index >= 15 is 0 Å². The zero-order valence-electron chi connectivity index (χ0n) is 9.29. The second kappa shape index (κ2) is 4.20. The molecule has 84 valence electrons. The number of rotatable bonds is 5. The normalized spacial score (nSPS) is 15.7. The van der Waals surface area contributed by atoms with Crippen LogP contribution in [0.4, 0.5) is 5.82 Å². The largest absolute Gasteiger partial charge is 0.376 e. The Labute approximate surface area is 89.6 Å². The molecule has 2 rings (SSSR count). The van der Waals surface area contributed by atoms with Crippen LogP contribution in [0.15, 0.2) is 0 Å². The highest BCUT2D eigenvalue weighted by atomic mass is 16.5. The standard InChI is InChI=1S/C10H18N4O/c1-7-9(6-15-5-8-3-4-8)10(12-11)14(2)13-7/h8,12H,3-6,11H2,1-2H3. The van der Waals surface area contributed by atoms with Crippen molar-refractivity contribution in [3.8, 4) is 0 Å². The predicted molar refractivity (Wildman–Crippen MR) is 58.1 cm³/mol. The Balaban J connectivity index is 1.98. The summed E-state index contributed by atoms with van der Waals surface area (Å²) in [6.45, 7) is 3.42. The van der Waals surface area contributed by atoms with Crippen LogP contribution in [-0.2, 0) is 18.4 Å². The van der Waals surface area contributed by atoms with Crippen molar-refractivity contribution < 1.29 is 4.74 Å². The third kappa shape index (κ3) is 2.30. The Hall–Kier alpha value is -1.07. The maximum atomic E-state index is 5.63. The van der Waals surface area contributed by atoms with Gasteiger partial charge in [0.2, 0.25) is 0 Å². The summed E-state index contributed by atoms with van der Waals surface area (Å²) in [5.74, 6) is 7.07. The van der Waals surface area contributed by atoms with Crippen molar-refractivity contribution in [2.75, 3.05) is 12.0 Å². The van der Waals surface area contributed by atoms with Gasteiger partial charge in [-0.05, 0) is 25.7 Å². The van der Waals surface area contributed by atoms with Gasteiger partial charge in [0.1, 0.15) is 5.82 Å². The first kappa shape index (κ1) is 10.4. The molecule has 1 heterocycles. The van der Waals surface area contributed by atoms with Crippen LogP contribution in [0.3, 0.4) is 0 Å². The van der Waals surface area contributed by atoms with Crippen molar-refractivity contribution in [1.29, 1.82) is 0 Å². The lowest BCUT2D eigenvalue weighted by Crippen LogP contribution is -2.13. The van der Waals surface area contributed by atoms with Crippen LogP contribution >= 0.6 is 0 Å². The van der Waals surface area contributed by atoms with E-state index in [1.807, 2.05) is 14.0 Å². The van der Waals surface area contributed by atoms with Gasteiger partial charge in [-0.25, -0.2) is 5.84 Å². The molecule has 0 saturated heterocycles. The van der Waals surface area contributed by atoms with E-state index in [2.05, 4.69) is 10.5 Å².